The van der Waals surface area contributed by atoms with Gasteiger partial charge in [-0.2, -0.15) is 0 Å². The first-order valence-corrected chi connectivity index (χ1v) is 14.7. The number of fused-ring (bicyclic) bond motifs is 1. The largest absolute Gasteiger partial charge is 0.321 e. The van der Waals surface area contributed by atoms with E-state index in [1.165, 1.54) is 11.8 Å². The van der Waals surface area contributed by atoms with Crippen molar-refractivity contribution < 1.29 is 14.4 Å². The zero-order valence-corrected chi connectivity index (χ0v) is 24.5. The SMILES string of the molecule is O=C(Nc1ccc(SCC(=O)c2ccc(Cl)c(Cl)c2)cc1)/C(=C/c1cccc2ccccc12)NC(=O)c1ccccc1. The molecule has 8 heteroatoms. The summed E-state index contributed by atoms with van der Waals surface area (Å²) in [6.07, 6.45) is 1.68. The van der Waals surface area contributed by atoms with Gasteiger partial charge in [-0.15, -0.1) is 11.8 Å². The highest BCUT2D eigenvalue weighted by atomic mass is 35.5. The minimum atomic E-state index is -0.470. The molecule has 0 aliphatic heterocycles. The van der Waals surface area contributed by atoms with E-state index in [1.54, 1.807) is 60.7 Å². The minimum absolute atomic E-state index is 0.0756. The number of hydrogen-bond donors (Lipinski definition) is 2. The fourth-order valence-electron chi connectivity index (χ4n) is 4.21. The zero-order valence-electron chi connectivity index (χ0n) is 22.1. The number of Topliss-reactive ketones (excluding diaryl/α,β-unsaturated/α-hetero) is 1. The first-order valence-electron chi connectivity index (χ1n) is 13.0. The van der Waals surface area contributed by atoms with Crippen LogP contribution in [-0.2, 0) is 4.79 Å². The summed E-state index contributed by atoms with van der Waals surface area (Å²) < 4.78 is 0. The maximum atomic E-state index is 13.5. The number of nitrogens with one attached hydrogen (secondary N) is 2. The average molecular weight is 612 g/mol. The lowest BCUT2D eigenvalue weighted by atomic mass is 10.0. The summed E-state index contributed by atoms with van der Waals surface area (Å²) in [6, 6.07) is 34.3. The molecule has 208 valence electrons. The van der Waals surface area contributed by atoms with Crippen molar-refractivity contribution in [1.82, 2.24) is 5.32 Å². The van der Waals surface area contributed by atoms with E-state index in [0.29, 0.717) is 26.9 Å². The first kappa shape index (κ1) is 29.1. The number of ketones is 1. The molecule has 0 saturated heterocycles. The number of thioether (sulfide) groups is 1. The van der Waals surface area contributed by atoms with Crippen LogP contribution in [0, 0.1) is 0 Å². The molecule has 0 atom stereocenters. The third-order valence-corrected chi connectivity index (χ3v) is 8.13. The normalized spacial score (nSPS) is 11.2. The lowest BCUT2D eigenvalue weighted by Crippen LogP contribution is -2.30. The van der Waals surface area contributed by atoms with Crippen LogP contribution >= 0.6 is 35.0 Å². The van der Waals surface area contributed by atoms with Crippen LogP contribution < -0.4 is 10.6 Å². The molecule has 5 aromatic rings. The van der Waals surface area contributed by atoms with E-state index in [0.717, 1.165) is 21.2 Å². The van der Waals surface area contributed by atoms with E-state index in [1.807, 2.05) is 60.7 Å². The predicted molar refractivity (Wildman–Crippen MR) is 172 cm³/mol. The average Bonchev–Trinajstić information content (AvgIpc) is 3.02. The second-order valence-electron chi connectivity index (χ2n) is 9.27. The number of rotatable bonds is 9. The van der Waals surface area contributed by atoms with Crippen molar-refractivity contribution in [2.45, 2.75) is 4.90 Å². The van der Waals surface area contributed by atoms with Crippen LogP contribution in [0.1, 0.15) is 26.3 Å². The Labute approximate surface area is 257 Å². The zero-order chi connectivity index (χ0) is 29.5. The highest BCUT2D eigenvalue weighted by Crippen LogP contribution is 2.26. The van der Waals surface area contributed by atoms with Crippen LogP contribution in [0.25, 0.3) is 16.8 Å². The summed E-state index contributed by atoms with van der Waals surface area (Å²) in [5.41, 5.74) is 2.36. The minimum Gasteiger partial charge on any atom is -0.321 e. The van der Waals surface area contributed by atoms with Crippen LogP contribution in [0.2, 0.25) is 10.0 Å². The van der Waals surface area contributed by atoms with Crippen molar-refractivity contribution >= 4 is 75.1 Å². The quantitative estimate of drug-likeness (QED) is 0.0996. The van der Waals surface area contributed by atoms with Gasteiger partial charge in [0.1, 0.15) is 5.70 Å². The van der Waals surface area contributed by atoms with Crippen molar-refractivity contribution in [1.29, 1.82) is 0 Å². The monoisotopic (exact) mass is 610 g/mol. The van der Waals surface area contributed by atoms with Crippen molar-refractivity contribution in [3.05, 3.63) is 148 Å². The van der Waals surface area contributed by atoms with Gasteiger partial charge in [0.25, 0.3) is 11.8 Å². The lowest BCUT2D eigenvalue weighted by molar-refractivity contribution is -0.113. The summed E-state index contributed by atoms with van der Waals surface area (Å²) in [5, 5.41) is 8.36. The van der Waals surface area contributed by atoms with E-state index >= 15 is 0 Å². The standard InChI is InChI=1S/C34H24Cl2N2O3S/c35-29-18-13-25(19-30(29)36)32(39)21-42-27-16-14-26(15-17-27)37-34(41)31(38-33(40)23-8-2-1-3-9-23)20-24-11-6-10-22-7-4-5-12-28(22)24/h1-20H,21H2,(H,37,41)(H,38,40)/b31-20-. The van der Waals surface area contributed by atoms with Gasteiger partial charge >= 0.3 is 0 Å². The number of carbonyl (C=O) groups is 3. The van der Waals surface area contributed by atoms with E-state index in [2.05, 4.69) is 10.6 Å². The topological polar surface area (TPSA) is 75.3 Å². The van der Waals surface area contributed by atoms with Gasteiger partial charge in [0.2, 0.25) is 0 Å². The molecule has 2 N–H and O–H groups in total. The molecule has 0 unspecified atom stereocenters. The van der Waals surface area contributed by atoms with Gasteiger partial charge in [-0.3, -0.25) is 14.4 Å². The molecule has 0 bridgehead atoms. The summed E-state index contributed by atoms with van der Waals surface area (Å²) in [4.78, 5) is 39.9. The molecule has 0 radical (unpaired) electrons. The number of anilines is 1. The number of benzene rings is 5. The summed E-state index contributed by atoms with van der Waals surface area (Å²) >= 11 is 13.3. The maximum absolute atomic E-state index is 13.5. The Morgan fingerprint density at radius 2 is 1.43 bits per heavy atom. The Hall–Kier alpha value is -4.36. The number of amides is 2. The molecule has 2 amide bonds. The smallest absolute Gasteiger partial charge is 0.272 e. The lowest BCUT2D eigenvalue weighted by Gasteiger charge is -2.12. The molecular formula is C34H24Cl2N2O3S. The van der Waals surface area contributed by atoms with Crippen LogP contribution in [0.15, 0.2) is 126 Å². The number of halogens is 2. The van der Waals surface area contributed by atoms with Gasteiger partial charge in [-0.05, 0) is 77.0 Å². The fourth-order valence-corrected chi connectivity index (χ4v) is 5.30. The van der Waals surface area contributed by atoms with E-state index < -0.39 is 11.8 Å². The highest BCUT2D eigenvalue weighted by molar-refractivity contribution is 8.00. The molecule has 5 aromatic carbocycles. The van der Waals surface area contributed by atoms with Gasteiger partial charge in [0.05, 0.1) is 15.8 Å². The molecule has 0 fully saturated rings. The van der Waals surface area contributed by atoms with Crippen molar-refractivity contribution in [2.75, 3.05) is 11.1 Å². The number of carbonyl (C=O) groups excluding carboxylic acids is 3. The molecule has 0 heterocycles. The van der Waals surface area contributed by atoms with E-state index in [9.17, 15) is 14.4 Å². The van der Waals surface area contributed by atoms with E-state index in [4.69, 9.17) is 23.2 Å². The fraction of sp³-hybridized carbons (Fsp3) is 0.0294. The summed E-state index contributed by atoms with van der Waals surface area (Å²) in [6.45, 7) is 0. The summed E-state index contributed by atoms with van der Waals surface area (Å²) in [7, 11) is 0. The van der Waals surface area contributed by atoms with Crippen LogP contribution in [0.3, 0.4) is 0 Å². The van der Waals surface area contributed by atoms with Gasteiger partial charge in [-0.25, -0.2) is 0 Å². The Morgan fingerprint density at radius 3 is 2.19 bits per heavy atom. The van der Waals surface area contributed by atoms with Crippen LogP contribution in [-0.4, -0.2) is 23.4 Å². The van der Waals surface area contributed by atoms with E-state index in [-0.39, 0.29) is 17.2 Å². The van der Waals surface area contributed by atoms with Crippen LogP contribution in [0.5, 0.6) is 0 Å². The van der Waals surface area contributed by atoms with Crippen molar-refractivity contribution in [2.24, 2.45) is 0 Å². The van der Waals surface area contributed by atoms with Gasteiger partial charge in [0, 0.05) is 21.7 Å². The third kappa shape index (κ3) is 7.28. The molecule has 42 heavy (non-hydrogen) atoms. The maximum Gasteiger partial charge on any atom is 0.272 e. The molecule has 5 rings (SSSR count). The third-order valence-electron chi connectivity index (χ3n) is 6.38. The molecule has 0 spiro atoms. The number of hydrogen-bond acceptors (Lipinski definition) is 4. The summed E-state index contributed by atoms with van der Waals surface area (Å²) in [5.74, 6) is -0.723. The second-order valence-corrected chi connectivity index (χ2v) is 11.1. The van der Waals surface area contributed by atoms with Gasteiger partial charge in [0.15, 0.2) is 5.78 Å². The Bertz CT molecular complexity index is 1800. The highest BCUT2D eigenvalue weighted by Gasteiger charge is 2.16. The second kappa shape index (κ2) is 13.5. The molecule has 5 nitrogen and oxygen atoms in total. The Morgan fingerprint density at radius 1 is 0.714 bits per heavy atom. The van der Waals surface area contributed by atoms with Crippen LogP contribution in [0.4, 0.5) is 5.69 Å². The molecule has 0 aliphatic rings. The molecule has 0 aromatic heterocycles. The first-order chi connectivity index (χ1) is 20.4. The van der Waals surface area contributed by atoms with Crippen molar-refractivity contribution in [3.8, 4) is 0 Å². The Kier molecular flexibility index (Phi) is 9.39. The molecular weight excluding hydrogens is 587 g/mol. The van der Waals surface area contributed by atoms with Gasteiger partial charge in [-0.1, -0.05) is 83.9 Å². The van der Waals surface area contributed by atoms with Crippen molar-refractivity contribution in [3.63, 3.8) is 0 Å². The van der Waals surface area contributed by atoms with Gasteiger partial charge < -0.3 is 10.6 Å². The molecule has 0 aliphatic carbocycles. The predicted octanol–water partition coefficient (Wildman–Crippen LogP) is 8.53. The molecule has 0 saturated carbocycles. The Balaban J connectivity index is 1.32.